The third-order valence-electron chi connectivity index (χ3n) is 2.89. The van der Waals surface area contributed by atoms with E-state index in [1.165, 1.54) is 16.9 Å². The van der Waals surface area contributed by atoms with Crippen LogP contribution < -0.4 is 10.6 Å². The quantitative estimate of drug-likeness (QED) is 0.901. The second-order valence-corrected chi connectivity index (χ2v) is 5.58. The van der Waals surface area contributed by atoms with Crippen molar-refractivity contribution in [3.8, 4) is 0 Å². The van der Waals surface area contributed by atoms with Crippen LogP contribution in [-0.4, -0.2) is 13.0 Å². The number of anilines is 2. The first-order chi connectivity index (χ1) is 8.49. The Morgan fingerprint density at radius 1 is 1.22 bits per heavy atom. The number of hydrogen-bond donors (Lipinski definition) is 1. The minimum atomic E-state index is -0.0244. The van der Waals surface area contributed by atoms with Crippen molar-refractivity contribution in [3.05, 3.63) is 45.6 Å². The van der Waals surface area contributed by atoms with Gasteiger partial charge in [-0.05, 0) is 32.0 Å². The normalized spacial score (nSPS) is 10.4. The van der Waals surface area contributed by atoms with Crippen molar-refractivity contribution in [3.63, 3.8) is 0 Å². The van der Waals surface area contributed by atoms with Crippen LogP contribution >= 0.6 is 11.3 Å². The highest BCUT2D eigenvalue weighted by Gasteiger charge is 2.16. The lowest BCUT2D eigenvalue weighted by atomic mass is 10.2. The number of amides is 1. The zero-order valence-corrected chi connectivity index (χ0v) is 11.5. The van der Waals surface area contributed by atoms with Gasteiger partial charge in [0.05, 0.1) is 4.88 Å². The van der Waals surface area contributed by atoms with Crippen LogP contribution in [0.5, 0.6) is 0 Å². The fourth-order valence-corrected chi connectivity index (χ4v) is 2.57. The lowest BCUT2D eigenvalue weighted by Gasteiger charge is -2.16. The maximum atomic E-state index is 12.3. The summed E-state index contributed by atoms with van der Waals surface area (Å²) in [5, 5.41) is 0. The van der Waals surface area contributed by atoms with Crippen molar-refractivity contribution in [1.29, 1.82) is 0 Å². The SMILES string of the molecule is Cc1ccc(N(C)C(=O)c2cc(N)c(C)s2)cc1. The molecule has 94 valence electrons. The Bertz CT molecular complexity index is 552. The van der Waals surface area contributed by atoms with Gasteiger partial charge in [0, 0.05) is 23.3 Å². The van der Waals surface area contributed by atoms with Gasteiger partial charge in [0.15, 0.2) is 0 Å². The maximum absolute atomic E-state index is 12.3. The van der Waals surface area contributed by atoms with Gasteiger partial charge in [-0.15, -0.1) is 11.3 Å². The number of benzene rings is 1. The highest BCUT2D eigenvalue weighted by atomic mass is 32.1. The molecular formula is C14H16N2OS. The van der Waals surface area contributed by atoms with Gasteiger partial charge in [0.1, 0.15) is 0 Å². The molecule has 0 unspecified atom stereocenters. The largest absolute Gasteiger partial charge is 0.398 e. The summed E-state index contributed by atoms with van der Waals surface area (Å²) in [7, 11) is 1.78. The van der Waals surface area contributed by atoms with E-state index in [1.807, 2.05) is 38.1 Å². The summed E-state index contributed by atoms with van der Waals surface area (Å²) in [6.45, 7) is 3.94. The van der Waals surface area contributed by atoms with Gasteiger partial charge in [-0.2, -0.15) is 0 Å². The summed E-state index contributed by atoms with van der Waals surface area (Å²) in [5.74, 6) is -0.0244. The molecule has 2 aromatic rings. The molecule has 1 heterocycles. The number of hydrogen-bond acceptors (Lipinski definition) is 3. The van der Waals surface area contributed by atoms with Crippen molar-refractivity contribution in [1.82, 2.24) is 0 Å². The number of carbonyl (C=O) groups excluding carboxylic acids is 1. The molecule has 3 nitrogen and oxygen atoms in total. The second kappa shape index (κ2) is 4.82. The van der Waals surface area contributed by atoms with Crippen molar-refractivity contribution >= 4 is 28.6 Å². The van der Waals surface area contributed by atoms with Crippen molar-refractivity contribution in [2.24, 2.45) is 0 Å². The Kier molecular flexibility index (Phi) is 3.39. The van der Waals surface area contributed by atoms with E-state index < -0.39 is 0 Å². The van der Waals surface area contributed by atoms with E-state index in [1.54, 1.807) is 18.0 Å². The molecule has 0 saturated heterocycles. The average Bonchev–Trinajstić information content (AvgIpc) is 2.69. The number of nitrogen functional groups attached to an aromatic ring is 1. The van der Waals surface area contributed by atoms with Gasteiger partial charge >= 0.3 is 0 Å². The summed E-state index contributed by atoms with van der Waals surface area (Å²) in [4.78, 5) is 15.6. The molecule has 4 heteroatoms. The zero-order chi connectivity index (χ0) is 13.3. The molecule has 0 aliphatic carbocycles. The molecule has 0 aliphatic rings. The fourth-order valence-electron chi connectivity index (χ4n) is 1.65. The number of aryl methyl sites for hydroxylation is 2. The van der Waals surface area contributed by atoms with E-state index in [0.29, 0.717) is 10.6 Å². The highest BCUT2D eigenvalue weighted by molar-refractivity contribution is 7.14. The third-order valence-corrected chi connectivity index (χ3v) is 3.95. The van der Waals surface area contributed by atoms with Crippen LogP contribution in [-0.2, 0) is 0 Å². The molecule has 2 rings (SSSR count). The predicted molar refractivity (Wildman–Crippen MR) is 77.4 cm³/mol. The lowest BCUT2D eigenvalue weighted by molar-refractivity contribution is 0.0997. The number of carbonyl (C=O) groups is 1. The molecule has 0 spiro atoms. The van der Waals surface area contributed by atoms with Crippen molar-refractivity contribution in [2.75, 3.05) is 17.7 Å². The molecule has 0 aliphatic heterocycles. The molecule has 1 aromatic heterocycles. The third kappa shape index (κ3) is 2.38. The van der Waals surface area contributed by atoms with Crippen LogP contribution in [0.2, 0.25) is 0 Å². The monoisotopic (exact) mass is 260 g/mol. The molecule has 0 bridgehead atoms. The van der Waals surface area contributed by atoms with Crippen LogP contribution in [0.1, 0.15) is 20.1 Å². The Balaban J connectivity index is 2.26. The van der Waals surface area contributed by atoms with Gasteiger partial charge in [-0.1, -0.05) is 17.7 Å². The van der Waals surface area contributed by atoms with Gasteiger partial charge < -0.3 is 10.6 Å². The minimum Gasteiger partial charge on any atom is -0.398 e. The number of thiophene rings is 1. The molecule has 1 aromatic carbocycles. The first-order valence-corrected chi connectivity index (χ1v) is 6.51. The number of nitrogens with zero attached hydrogens (tertiary/aromatic N) is 1. The van der Waals surface area contributed by atoms with Crippen molar-refractivity contribution in [2.45, 2.75) is 13.8 Å². The van der Waals surface area contributed by atoms with Gasteiger partial charge in [0.2, 0.25) is 0 Å². The summed E-state index contributed by atoms with van der Waals surface area (Å²) < 4.78 is 0. The Labute approximate surface area is 111 Å². The summed E-state index contributed by atoms with van der Waals surface area (Å²) in [6.07, 6.45) is 0. The number of rotatable bonds is 2. The maximum Gasteiger partial charge on any atom is 0.268 e. The van der Waals surface area contributed by atoms with Crippen LogP contribution in [0, 0.1) is 13.8 Å². The van der Waals surface area contributed by atoms with Crippen LogP contribution in [0.15, 0.2) is 30.3 Å². The van der Waals surface area contributed by atoms with E-state index >= 15 is 0 Å². The summed E-state index contributed by atoms with van der Waals surface area (Å²) >= 11 is 1.43. The van der Waals surface area contributed by atoms with Gasteiger partial charge in [-0.3, -0.25) is 4.79 Å². The van der Waals surface area contributed by atoms with Crippen molar-refractivity contribution < 1.29 is 4.79 Å². The average molecular weight is 260 g/mol. The van der Waals surface area contributed by atoms with Crippen LogP contribution in [0.4, 0.5) is 11.4 Å². The van der Waals surface area contributed by atoms with Crippen LogP contribution in [0.25, 0.3) is 0 Å². The minimum absolute atomic E-state index is 0.0244. The first kappa shape index (κ1) is 12.6. The Hall–Kier alpha value is -1.81. The number of nitrogens with two attached hydrogens (primary N) is 1. The Morgan fingerprint density at radius 3 is 2.33 bits per heavy atom. The predicted octanol–water partition coefficient (Wildman–Crippen LogP) is 3.22. The highest BCUT2D eigenvalue weighted by Crippen LogP contribution is 2.26. The molecule has 2 N–H and O–H groups in total. The lowest BCUT2D eigenvalue weighted by Crippen LogP contribution is -2.25. The molecule has 18 heavy (non-hydrogen) atoms. The smallest absolute Gasteiger partial charge is 0.268 e. The van der Waals surface area contributed by atoms with Gasteiger partial charge in [-0.25, -0.2) is 0 Å². The molecule has 1 amide bonds. The van der Waals surface area contributed by atoms with E-state index in [2.05, 4.69) is 0 Å². The Morgan fingerprint density at radius 2 is 1.83 bits per heavy atom. The molecule has 0 radical (unpaired) electrons. The standard InChI is InChI=1S/C14H16N2OS/c1-9-4-6-11(7-5-9)16(3)14(17)13-8-12(15)10(2)18-13/h4-8H,15H2,1-3H3. The van der Waals surface area contributed by atoms with E-state index in [0.717, 1.165) is 10.6 Å². The van der Waals surface area contributed by atoms with E-state index in [4.69, 9.17) is 5.73 Å². The summed E-state index contributed by atoms with van der Waals surface area (Å²) in [5.41, 5.74) is 8.52. The van der Waals surface area contributed by atoms with Crippen LogP contribution in [0.3, 0.4) is 0 Å². The van der Waals surface area contributed by atoms with Gasteiger partial charge in [0.25, 0.3) is 5.91 Å². The second-order valence-electron chi connectivity index (χ2n) is 4.32. The molecular weight excluding hydrogens is 244 g/mol. The molecule has 0 fully saturated rings. The zero-order valence-electron chi connectivity index (χ0n) is 10.7. The molecule has 0 atom stereocenters. The molecule has 0 saturated carbocycles. The van der Waals surface area contributed by atoms with E-state index in [-0.39, 0.29) is 5.91 Å². The topological polar surface area (TPSA) is 46.3 Å². The first-order valence-electron chi connectivity index (χ1n) is 5.69. The summed E-state index contributed by atoms with van der Waals surface area (Å²) in [6, 6.07) is 9.61. The van der Waals surface area contributed by atoms with E-state index in [9.17, 15) is 4.79 Å². The fraction of sp³-hybridized carbons (Fsp3) is 0.214.